The van der Waals surface area contributed by atoms with Gasteiger partial charge in [-0.2, -0.15) is 4.37 Å². The fourth-order valence-corrected chi connectivity index (χ4v) is 5.71. The molecule has 0 saturated heterocycles. The van der Waals surface area contributed by atoms with Gasteiger partial charge in [0.25, 0.3) is 0 Å². The third-order valence-corrected chi connectivity index (χ3v) is 7.52. The zero-order valence-corrected chi connectivity index (χ0v) is 13.9. The maximum Gasteiger partial charge on any atom is 0.187 e. The number of hydrogen-bond donors (Lipinski definition) is 2. The second-order valence-corrected chi connectivity index (χ2v) is 8.91. The van der Waals surface area contributed by atoms with Crippen LogP contribution >= 0.6 is 22.9 Å². The van der Waals surface area contributed by atoms with E-state index in [1.165, 1.54) is 0 Å². The largest absolute Gasteiger partial charge is 0.382 e. The average Bonchev–Trinajstić information content (AvgIpc) is 3.12. The van der Waals surface area contributed by atoms with Crippen molar-refractivity contribution in [1.29, 1.82) is 0 Å². The summed E-state index contributed by atoms with van der Waals surface area (Å²) in [5.41, 5.74) is 6.76. The van der Waals surface area contributed by atoms with E-state index in [9.17, 15) is 8.42 Å². The molecule has 0 amide bonds. The number of nitrogens with zero attached hydrogens (tertiary/aromatic N) is 2. The molecule has 1 saturated carbocycles. The summed E-state index contributed by atoms with van der Waals surface area (Å²) >= 11 is 2.71. The van der Waals surface area contributed by atoms with Crippen molar-refractivity contribution in [2.45, 2.75) is 36.3 Å². The van der Waals surface area contributed by atoms with Crippen molar-refractivity contribution in [2.24, 2.45) is 0 Å². The Morgan fingerprint density at radius 3 is 2.86 bits per heavy atom. The quantitative estimate of drug-likeness (QED) is 0.832. The Labute approximate surface area is 131 Å². The molecule has 0 atom stereocenters. The molecular weight excluding hydrogens is 328 g/mol. The first-order valence-corrected chi connectivity index (χ1v) is 9.82. The minimum Gasteiger partial charge on any atom is -0.382 e. The highest BCUT2D eigenvalue weighted by atomic mass is 32.2. The molecular formula is C12H16N4O2S3. The molecule has 3 rings (SSSR count). The van der Waals surface area contributed by atoms with Crippen molar-refractivity contribution in [1.82, 2.24) is 9.36 Å². The first-order valence-electron chi connectivity index (χ1n) is 6.62. The summed E-state index contributed by atoms with van der Waals surface area (Å²) in [6.07, 6.45) is 2.18. The molecule has 3 N–H and O–H groups in total. The van der Waals surface area contributed by atoms with Crippen LogP contribution in [0.3, 0.4) is 0 Å². The number of nitrogen functional groups attached to an aromatic ring is 1. The highest BCUT2D eigenvalue weighted by Crippen LogP contribution is 2.40. The lowest BCUT2D eigenvalue weighted by Gasteiger charge is -2.06. The Morgan fingerprint density at radius 2 is 2.24 bits per heavy atom. The Kier molecular flexibility index (Phi) is 3.89. The molecule has 1 fully saturated rings. The van der Waals surface area contributed by atoms with Gasteiger partial charge in [-0.15, -0.1) is 11.3 Å². The summed E-state index contributed by atoms with van der Waals surface area (Å²) in [6, 6.07) is 0. The Balaban J connectivity index is 1.71. The fourth-order valence-electron chi connectivity index (χ4n) is 2.03. The Morgan fingerprint density at radius 1 is 1.48 bits per heavy atom. The molecule has 9 heteroatoms. The topological polar surface area (TPSA) is 98.0 Å². The predicted molar refractivity (Wildman–Crippen MR) is 85.8 cm³/mol. The average molecular weight is 344 g/mol. The Bertz CT molecular complexity index is 746. The molecule has 1 aliphatic rings. The monoisotopic (exact) mass is 344 g/mol. The molecule has 2 aromatic heterocycles. The third kappa shape index (κ3) is 3.04. The van der Waals surface area contributed by atoms with E-state index in [2.05, 4.69) is 14.7 Å². The summed E-state index contributed by atoms with van der Waals surface area (Å²) in [4.78, 5) is 4.57. The number of anilines is 2. The van der Waals surface area contributed by atoms with E-state index in [-0.39, 0.29) is 16.0 Å². The molecule has 0 unspecified atom stereocenters. The summed E-state index contributed by atoms with van der Waals surface area (Å²) in [5, 5.41) is 6.45. The van der Waals surface area contributed by atoms with Crippen LogP contribution < -0.4 is 11.1 Å². The Hall–Kier alpha value is -1.19. The maximum atomic E-state index is 12.4. The summed E-state index contributed by atoms with van der Waals surface area (Å²) in [5.74, 6) is 0.111. The van der Waals surface area contributed by atoms with Crippen molar-refractivity contribution < 1.29 is 8.42 Å². The number of aromatic nitrogens is 2. The van der Waals surface area contributed by atoms with E-state index in [1.54, 1.807) is 11.3 Å². The van der Waals surface area contributed by atoms with Crippen molar-refractivity contribution in [3.05, 3.63) is 16.1 Å². The fraction of sp³-hybridized carbons (Fsp3) is 0.500. The first kappa shape index (κ1) is 14.7. The van der Waals surface area contributed by atoms with E-state index in [0.717, 1.165) is 41.5 Å². The molecule has 21 heavy (non-hydrogen) atoms. The van der Waals surface area contributed by atoms with E-state index in [0.29, 0.717) is 11.5 Å². The van der Waals surface area contributed by atoms with E-state index < -0.39 is 9.84 Å². The smallest absolute Gasteiger partial charge is 0.187 e. The van der Waals surface area contributed by atoms with Crippen LogP contribution in [-0.2, 0) is 16.3 Å². The van der Waals surface area contributed by atoms with Gasteiger partial charge in [0.1, 0.15) is 9.90 Å². The number of thiazole rings is 1. The maximum absolute atomic E-state index is 12.4. The van der Waals surface area contributed by atoms with Crippen LogP contribution in [0.5, 0.6) is 0 Å². The summed E-state index contributed by atoms with van der Waals surface area (Å²) in [7, 11) is -3.33. The molecule has 2 heterocycles. The predicted octanol–water partition coefficient (Wildman–Crippen LogP) is 2.08. The van der Waals surface area contributed by atoms with Gasteiger partial charge in [-0.05, 0) is 31.3 Å². The van der Waals surface area contributed by atoms with Crippen LogP contribution in [0.25, 0.3) is 0 Å². The third-order valence-electron chi connectivity index (χ3n) is 3.21. The first-order chi connectivity index (χ1) is 9.98. The number of nitrogens with two attached hydrogens (primary N) is 1. The van der Waals surface area contributed by atoms with Crippen molar-refractivity contribution in [3.63, 3.8) is 0 Å². The lowest BCUT2D eigenvalue weighted by atomic mass is 10.4. The van der Waals surface area contributed by atoms with Crippen molar-refractivity contribution in [3.8, 4) is 0 Å². The lowest BCUT2D eigenvalue weighted by Crippen LogP contribution is -2.12. The van der Waals surface area contributed by atoms with Crippen LogP contribution in [-0.4, -0.2) is 29.6 Å². The number of hydrogen-bond acceptors (Lipinski definition) is 8. The zero-order valence-electron chi connectivity index (χ0n) is 11.5. The summed E-state index contributed by atoms with van der Waals surface area (Å²) in [6.45, 7) is 2.57. The van der Waals surface area contributed by atoms with Gasteiger partial charge in [0.15, 0.2) is 15.7 Å². The molecule has 1 aliphatic carbocycles. The van der Waals surface area contributed by atoms with Gasteiger partial charge in [-0.1, -0.05) is 0 Å². The zero-order chi connectivity index (χ0) is 15.0. The van der Waals surface area contributed by atoms with E-state index in [1.807, 2.05) is 12.3 Å². The van der Waals surface area contributed by atoms with Gasteiger partial charge in [-0.25, -0.2) is 13.4 Å². The highest BCUT2D eigenvalue weighted by molar-refractivity contribution is 7.92. The summed E-state index contributed by atoms with van der Waals surface area (Å²) < 4.78 is 28.7. The standard InChI is InChI=1S/C12H16N4O2S3/c1-7-6-19-9(15-7)4-5-14-12-10(11(13)16-20-12)21(17,18)8-2-3-8/h6,8,14H,2-5H2,1H3,(H2,13,16). The highest BCUT2D eigenvalue weighted by Gasteiger charge is 2.40. The number of sulfone groups is 1. The normalized spacial score (nSPS) is 15.3. The lowest BCUT2D eigenvalue weighted by molar-refractivity contribution is 0.595. The molecule has 0 aromatic carbocycles. The van der Waals surface area contributed by atoms with Gasteiger partial charge in [-0.3, -0.25) is 0 Å². The van der Waals surface area contributed by atoms with E-state index >= 15 is 0 Å². The second-order valence-electron chi connectivity index (χ2n) is 5.03. The SMILES string of the molecule is Cc1csc(CCNc2snc(N)c2S(=O)(=O)C2CC2)n1. The molecule has 0 spiro atoms. The second kappa shape index (κ2) is 5.54. The van der Waals surface area contributed by atoms with Crippen LogP contribution in [0.15, 0.2) is 10.3 Å². The van der Waals surface area contributed by atoms with Crippen LogP contribution in [0.2, 0.25) is 0 Å². The number of rotatable bonds is 6. The molecule has 0 radical (unpaired) electrons. The molecule has 6 nitrogen and oxygen atoms in total. The van der Waals surface area contributed by atoms with Gasteiger partial charge < -0.3 is 11.1 Å². The van der Waals surface area contributed by atoms with Crippen molar-refractivity contribution >= 4 is 43.5 Å². The van der Waals surface area contributed by atoms with Gasteiger partial charge >= 0.3 is 0 Å². The van der Waals surface area contributed by atoms with Crippen LogP contribution in [0, 0.1) is 6.92 Å². The minimum absolute atomic E-state index is 0.111. The number of nitrogens with one attached hydrogen (secondary N) is 1. The van der Waals surface area contributed by atoms with Crippen LogP contribution in [0.1, 0.15) is 23.5 Å². The van der Waals surface area contributed by atoms with Gasteiger partial charge in [0, 0.05) is 24.0 Å². The number of aryl methyl sites for hydroxylation is 1. The minimum atomic E-state index is -3.33. The van der Waals surface area contributed by atoms with Crippen LogP contribution in [0.4, 0.5) is 10.8 Å². The molecule has 0 bridgehead atoms. The molecule has 0 aliphatic heterocycles. The van der Waals surface area contributed by atoms with Gasteiger partial charge in [0.05, 0.1) is 10.3 Å². The molecule has 114 valence electrons. The van der Waals surface area contributed by atoms with E-state index in [4.69, 9.17) is 5.73 Å². The van der Waals surface area contributed by atoms with Crippen molar-refractivity contribution in [2.75, 3.05) is 17.6 Å². The van der Waals surface area contributed by atoms with Gasteiger partial charge in [0.2, 0.25) is 0 Å². The molecule has 2 aromatic rings.